The number of ether oxygens (including phenoxy) is 1. The van der Waals surface area contributed by atoms with Gasteiger partial charge in [0.15, 0.2) is 0 Å². The number of hydroxylamine groups is 1. The normalized spacial score (nSPS) is 15.9. The number of pyridine rings is 1. The fourth-order valence-corrected chi connectivity index (χ4v) is 3.73. The molecule has 1 N–H and O–H groups in total. The van der Waals surface area contributed by atoms with Crippen LogP contribution in [0.2, 0.25) is 0 Å². The van der Waals surface area contributed by atoms with Gasteiger partial charge in [-0.1, -0.05) is 50.3 Å². The summed E-state index contributed by atoms with van der Waals surface area (Å²) in [5, 5.41) is 0. The van der Waals surface area contributed by atoms with Crippen LogP contribution in [0.1, 0.15) is 55.7 Å². The lowest BCUT2D eigenvalue weighted by Gasteiger charge is -2.25. The van der Waals surface area contributed by atoms with Crippen molar-refractivity contribution in [3.8, 4) is 5.75 Å². The van der Waals surface area contributed by atoms with Crippen molar-refractivity contribution < 1.29 is 14.4 Å². The molecule has 1 aliphatic carbocycles. The van der Waals surface area contributed by atoms with Crippen molar-refractivity contribution in [3.63, 3.8) is 0 Å². The molecule has 3 rings (SSSR count). The summed E-state index contributed by atoms with van der Waals surface area (Å²) < 4.78 is 5.79. The van der Waals surface area contributed by atoms with Gasteiger partial charge >= 0.3 is 5.97 Å². The third-order valence-corrected chi connectivity index (χ3v) is 5.18. The maximum Gasteiger partial charge on any atom is 0.332 e. The Labute approximate surface area is 161 Å². The lowest BCUT2D eigenvalue weighted by Crippen LogP contribution is -2.24. The van der Waals surface area contributed by atoms with E-state index in [0.29, 0.717) is 12.5 Å². The predicted octanol–water partition coefficient (Wildman–Crippen LogP) is 4.39. The molecule has 1 fully saturated rings. The van der Waals surface area contributed by atoms with Crippen LogP contribution in [0.15, 0.2) is 48.7 Å². The molecule has 0 spiro atoms. The summed E-state index contributed by atoms with van der Waals surface area (Å²) in [6, 6.07) is 13.5. The van der Waals surface area contributed by atoms with E-state index in [1.165, 1.54) is 32.1 Å². The summed E-state index contributed by atoms with van der Waals surface area (Å²) in [5.41, 5.74) is 4.39. The summed E-state index contributed by atoms with van der Waals surface area (Å²) in [6.45, 7) is 0.424. The van der Waals surface area contributed by atoms with Gasteiger partial charge in [-0.05, 0) is 42.2 Å². The number of carbonyl (C=O) groups excluding carboxylic acids is 1. The van der Waals surface area contributed by atoms with E-state index in [1.807, 2.05) is 42.5 Å². The van der Waals surface area contributed by atoms with Crippen LogP contribution in [0.3, 0.4) is 0 Å². The molecule has 1 heterocycles. The molecule has 1 aromatic carbocycles. The van der Waals surface area contributed by atoms with Crippen molar-refractivity contribution in [2.45, 2.75) is 51.0 Å². The molecule has 5 nitrogen and oxygen atoms in total. The first-order chi connectivity index (χ1) is 13.3. The average molecular weight is 368 g/mol. The highest BCUT2D eigenvalue weighted by atomic mass is 16.7. The smallest absolute Gasteiger partial charge is 0.332 e. The maximum atomic E-state index is 12.5. The van der Waals surface area contributed by atoms with Crippen LogP contribution in [-0.4, -0.2) is 18.0 Å². The molecule has 144 valence electrons. The molecule has 0 radical (unpaired) electrons. The van der Waals surface area contributed by atoms with Crippen molar-refractivity contribution in [1.82, 2.24) is 10.5 Å². The Bertz CT molecular complexity index is 697. The molecule has 5 heteroatoms. The van der Waals surface area contributed by atoms with Crippen LogP contribution in [0.5, 0.6) is 5.75 Å². The Balaban J connectivity index is 1.65. The van der Waals surface area contributed by atoms with Crippen LogP contribution in [-0.2, 0) is 16.2 Å². The van der Waals surface area contributed by atoms with E-state index in [0.717, 1.165) is 23.4 Å². The number of carbonyl (C=O) groups is 1. The molecule has 2 aromatic rings. The Morgan fingerprint density at radius 3 is 2.59 bits per heavy atom. The molecule has 1 saturated carbocycles. The molecule has 1 unspecified atom stereocenters. The van der Waals surface area contributed by atoms with E-state index in [9.17, 15) is 4.79 Å². The highest BCUT2D eigenvalue weighted by Gasteiger charge is 2.27. The summed E-state index contributed by atoms with van der Waals surface area (Å²) in [4.78, 5) is 21.9. The van der Waals surface area contributed by atoms with Crippen molar-refractivity contribution in [2.24, 2.45) is 5.92 Å². The quantitative estimate of drug-likeness (QED) is 0.700. The number of benzene rings is 1. The SMILES string of the molecule is CNOC(=O)C(CC1CCCCC1)c1ccc(OCc2ccccn2)cc1. The molecule has 1 atom stereocenters. The van der Waals surface area contributed by atoms with Gasteiger partial charge in [0.1, 0.15) is 12.4 Å². The topological polar surface area (TPSA) is 60.5 Å². The number of hydrogen-bond acceptors (Lipinski definition) is 5. The molecule has 0 aliphatic heterocycles. The molecule has 0 saturated heterocycles. The number of nitrogens with one attached hydrogen (secondary N) is 1. The van der Waals surface area contributed by atoms with Crippen LogP contribution in [0.25, 0.3) is 0 Å². The van der Waals surface area contributed by atoms with E-state index in [-0.39, 0.29) is 11.9 Å². The summed E-state index contributed by atoms with van der Waals surface area (Å²) >= 11 is 0. The van der Waals surface area contributed by atoms with Gasteiger partial charge in [0.05, 0.1) is 11.6 Å². The van der Waals surface area contributed by atoms with Crippen molar-refractivity contribution >= 4 is 5.97 Å². The fourth-order valence-electron chi connectivity index (χ4n) is 3.73. The van der Waals surface area contributed by atoms with Crippen molar-refractivity contribution in [3.05, 3.63) is 59.9 Å². The number of rotatable bonds is 8. The third-order valence-electron chi connectivity index (χ3n) is 5.18. The first-order valence-corrected chi connectivity index (χ1v) is 9.76. The molecule has 27 heavy (non-hydrogen) atoms. The van der Waals surface area contributed by atoms with Crippen LogP contribution < -0.4 is 10.2 Å². The zero-order valence-electron chi connectivity index (χ0n) is 15.9. The Morgan fingerprint density at radius 2 is 1.93 bits per heavy atom. The minimum Gasteiger partial charge on any atom is -0.487 e. The van der Waals surface area contributed by atoms with E-state index in [1.54, 1.807) is 13.2 Å². The lowest BCUT2D eigenvalue weighted by atomic mass is 9.80. The number of nitrogens with zero attached hydrogens (tertiary/aromatic N) is 1. The minimum atomic E-state index is -0.245. The highest BCUT2D eigenvalue weighted by molar-refractivity contribution is 5.78. The molecular formula is C22H28N2O3. The van der Waals surface area contributed by atoms with Gasteiger partial charge in [-0.15, -0.1) is 0 Å². The molecule has 0 amide bonds. The number of aromatic nitrogens is 1. The molecular weight excluding hydrogens is 340 g/mol. The van der Waals surface area contributed by atoms with Crippen LogP contribution >= 0.6 is 0 Å². The van der Waals surface area contributed by atoms with Gasteiger partial charge < -0.3 is 9.57 Å². The summed E-state index contributed by atoms with van der Waals surface area (Å²) in [7, 11) is 1.62. The minimum absolute atomic E-state index is 0.217. The standard InChI is InChI=1S/C22H28N2O3/c1-23-27-22(25)21(15-17-7-3-2-4-8-17)18-10-12-20(13-11-18)26-16-19-9-5-6-14-24-19/h5-6,9-14,17,21,23H,2-4,7-8,15-16H2,1H3. The molecule has 0 bridgehead atoms. The lowest BCUT2D eigenvalue weighted by molar-refractivity contribution is -0.152. The van der Waals surface area contributed by atoms with E-state index in [2.05, 4.69) is 10.5 Å². The molecule has 1 aromatic heterocycles. The largest absolute Gasteiger partial charge is 0.487 e. The monoisotopic (exact) mass is 368 g/mol. The fraction of sp³-hybridized carbons (Fsp3) is 0.455. The van der Waals surface area contributed by atoms with Crippen LogP contribution in [0, 0.1) is 5.92 Å². The first kappa shape index (κ1) is 19.4. The average Bonchev–Trinajstić information content (AvgIpc) is 2.73. The second-order valence-electron chi connectivity index (χ2n) is 7.10. The van der Waals surface area contributed by atoms with Crippen molar-refractivity contribution in [2.75, 3.05) is 7.05 Å². The second kappa shape index (κ2) is 10.1. The van der Waals surface area contributed by atoms with Crippen LogP contribution in [0.4, 0.5) is 0 Å². The van der Waals surface area contributed by atoms with E-state index < -0.39 is 0 Å². The van der Waals surface area contributed by atoms with Gasteiger partial charge in [0, 0.05) is 13.2 Å². The van der Waals surface area contributed by atoms with E-state index >= 15 is 0 Å². The number of hydrogen-bond donors (Lipinski definition) is 1. The maximum absolute atomic E-state index is 12.5. The zero-order valence-corrected chi connectivity index (χ0v) is 15.9. The van der Waals surface area contributed by atoms with Gasteiger partial charge in [0.2, 0.25) is 0 Å². The van der Waals surface area contributed by atoms with Crippen molar-refractivity contribution in [1.29, 1.82) is 0 Å². The van der Waals surface area contributed by atoms with E-state index in [4.69, 9.17) is 9.57 Å². The Kier molecular flexibility index (Phi) is 7.22. The molecule has 1 aliphatic rings. The first-order valence-electron chi connectivity index (χ1n) is 9.76. The summed E-state index contributed by atoms with van der Waals surface area (Å²) in [6.07, 6.45) is 8.84. The Morgan fingerprint density at radius 1 is 1.15 bits per heavy atom. The highest BCUT2D eigenvalue weighted by Crippen LogP contribution is 2.34. The predicted molar refractivity (Wildman–Crippen MR) is 104 cm³/mol. The second-order valence-corrected chi connectivity index (χ2v) is 7.10. The summed E-state index contributed by atoms with van der Waals surface area (Å²) in [5.74, 6) is 0.895. The Hall–Kier alpha value is -2.40. The van der Waals surface area contributed by atoms with Gasteiger partial charge in [-0.2, -0.15) is 5.48 Å². The van der Waals surface area contributed by atoms with Gasteiger partial charge in [-0.25, -0.2) is 4.79 Å². The van der Waals surface area contributed by atoms with Gasteiger partial charge in [-0.3, -0.25) is 4.98 Å². The third kappa shape index (κ3) is 5.79. The van der Waals surface area contributed by atoms with Gasteiger partial charge in [0.25, 0.3) is 0 Å². The zero-order chi connectivity index (χ0) is 18.9.